The van der Waals surface area contributed by atoms with Crippen LogP contribution in [0.25, 0.3) is 55.0 Å². The van der Waals surface area contributed by atoms with Gasteiger partial charge in [-0.15, -0.1) is 0 Å². The van der Waals surface area contributed by atoms with Crippen molar-refractivity contribution >= 4 is 101 Å². The minimum atomic E-state index is -0.0392. The predicted octanol–water partition coefficient (Wildman–Crippen LogP) is 14.1. The van der Waals surface area contributed by atoms with E-state index in [9.17, 15) is 0 Å². The second kappa shape index (κ2) is 13.0. The van der Waals surface area contributed by atoms with Gasteiger partial charge in [-0.2, -0.15) is 0 Å². The van der Waals surface area contributed by atoms with Gasteiger partial charge in [-0.3, -0.25) is 0 Å². The molecule has 10 aromatic rings. The van der Waals surface area contributed by atoms with Crippen LogP contribution in [0.2, 0.25) is 0 Å². The van der Waals surface area contributed by atoms with Crippen molar-refractivity contribution in [2.45, 2.75) is 59.3 Å². The zero-order valence-electron chi connectivity index (χ0n) is 36.3. The first-order valence-electron chi connectivity index (χ1n) is 21.9. The summed E-state index contributed by atoms with van der Waals surface area (Å²) in [7, 11) is 0. The molecule has 2 aliphatic rings. The summed E-state index contributed by atoms with van der Waals surface area (Å²) in [5, 5.41) is 4.54. The molecule has 0 N–H and O–H groups in total. The summed E-state index contributed by atoms with van der Waals surface area (Å²) in [6, 6.07) is 58.1. The van der Waals surface area contributed by atoms with Gasteiger partial charge < -0.3 is 18.6 Å². The molecular formula is C57H47BN2O2. The lowest BCUT2D eigenvalue weighted by atomic mass is 9.33. The Morgan fingerprint density at radius 1 is 0.419 bits per heavy atom. The van der Waals surface area contributed by atoms with Gasteiger partial charge >= 0.3 is 0 Å². The monoisotopic (exact) mass is 802 g/mol. The molecule has 0 fully saturated rings. The molecule has 0 bridgehead atoms. The lowest BCUT2D eigenvalue weighted by Crippen LogP contribution is -2.61. The molecule has 5 heteroatoms. The lowest BCUT2D eigenvalue weighted by molar-refractivity contribution is 0.590. The van der Waals surface area contributed by atoms with E-state index in [0.29, 0.717) is 0 Å². The zero-order valence-corrected chi connectivity index (χ0v) is 36.3. The van der Waals surface area contributed by atoms with Crippen LogP contribution >= 0.6 is 0 Å². The van der Waals surface area contributed by atoms with Gasteiger partial charge in [0.25, 0.3) is 6.71 Å². The van der Waals surface area contributed by atoms with Crippen LogP contribution in [0.4, 0.5) is 34.1 Å². The number of nitrogens with zero attached hydrogens (tertiary/aromatic N) is 2. The van der Waals surface area contributed by atoms with E-state index in [1.165, 1.54) is 55.8 Å². The third kappa shape index (κ3) is 5.47. The summed E-state index contributed by atoms with van der Waals surface area (Å²) in [6.07, 6.45) is 0. The average Bonchev–Trinajstić information content (AvgIpc) is 3.84. The van der Waals surface area contributed by atoms with Crippen LogP contribution < -0.4 is 26.2 Å². The van der Waals surface area contributed by atoms with Gasteiger partial charge in [0.1, 0.15) is 16.7 Å². The van der Waals surface area contributed by atoms with E-state index in [-0.39, 0.29) is 17.5 Å². The number of anilines is 6. The molecule has 4 nitrogen and oxygen atoms in total. The van der Waals surface area contributed by atoms with Gasteiger partial charge in [0.2, 0.25) is 0 Å². The Kier molecular flexibility index (Phi) is 7.73. The van der Waals surface area contributed by atoms with Crippen LogP contribution in [-0.4, -0.2) is 6.71 Å². The maximum absolute atomic E-state index is 6.80. The van der Waals surface area contributed by atoms with Gasteiger partial charge in [0, 0.05) is 50.0 Å². The number of hydrogen-bond acceptors (Lipinski definition) is 4. The summed E-state index contributed by atoms with van der Waals surface area (Å²) >= 11 is 0. The van der Waals surface area contributed by atoms with Crippen LogP contribution in [0.5, 0.6) is 0 Å². The highest BCUT2D eigenvalue weighted by Crippen LogP contribution is 2.48. The Balaban J connectivity index is 1.10. The van der Waals surface area contributed by atoms with Crippen molar-refractivity contribution < 1.29 is 8.83 Å². The van der Waals surface area contributed by atoms with E-state index in [2.05, 4.69) is 204 Å². The Morgan fingerprint density at radius 3 is 1.63 bits per heavy atom. The fourth-order valence-electron chi connectivity index (χ4n) is 10.2. The van der Waals surface area contributed by atoms with Crippen molar-refractivity contribution in [3.8, 4) is 11.1 Å². The first-order chi connectivity index (χ1) is 29.9. The first-order valence-corrected chi connectivity index (χ1v) is 21.9. The van der Waals surface area contributed by atoms with Gasteiger partial charge in [0.05, 0.1) is 5.69 Å². The number of fused-ring (bicyclic) bond motifs is 10. The van der Waals surface area contributed by atoms with Crippen LogP contribution in [-0.2, 0) is 10.8 Å². The van der Waals surface area contributed by atoms with Gasteiger partial charge in [-0.05, 0) is 129 Å². The van der Waals surface area contributed by atoms with E-state index < -0.39 is 0 Å². The topological polar surface area (TPSA) is 32.8 Å². The fraction of sp³-hybridized carbons (Fsp3) is 0.158. The average molecular weight is 803 g/mol. The van der Waals surface area contributed by atoms with Crippen molar-refractivity contribution in [1.29, 1.82) is 0 Å². The number of rotatable bonds is 3. The molecule has 0 unspecified atom stereocenters. The molecule has 62 heavy (non-hydrogen) atoms. The highest BCUT2D eigenvalue weighted by molar-refractivity contribution is 7.00. The number of para-hydroxylation sites is 3. The maximum atomic E-state index is 6.80. The minimum absolute atomic E-state index is 0.00684. The molecule has 2 aliphatic heterocycles. The van der Waals surface area contributed by atoms with E-state index in [0.717, 1.165) is 66.4 Å². The van der Waals surface area contributed by atoms with E-state index in [4.69, 9.17) is 8.83 Å². The molecule has 0 saturated heterocycles. The zero-order chi connectivity index (χ0) is 42.2. The normalized spacial score (nSPS) is 13.6. The summed E-state index contributed by atoms with van der Waals surface area (Å²) in [4.78, 5) is 5.00. The van der Waals surface area contributed by atoms with Gasteiger partial charge in [0.15, 0.2) is 5.58 Å². The molecule has 0 amide bonds. The largest absolute Gasteiger partial charge is 0.456 e. The Hall–Kier alpha value is -6.98. The number of aryl methyl sites for hydroxylation is 1. The van der Waals surface area contributed by atoms with E-state index >= 15 is 0 Å². The molecule has 8 aromatic carbocycles. The Labute approximate surface area is 363 Å². The number of hydrogen-bond donors (Lipinski definition) is 0. The van der Waals surface area contributed by atoms with E-state index in [1.807, 2.05) is 12.1 Å². The smallest absolute Gasteiger partial charge is 0.252 e. The summed E-state index contributed by atoms with van der Waals surface area (Å²) in [5.41, 5.74) is 20.5. The second-order valence-electron chi connectivity index (χ2n) is 19.5. The molecule has 4 heterocycles. The third-order valence-corrected chi connectivity index (χ3v) is 13.4. The van der Waals surface area contributed by atoms with Crippen molar-refractivity contribution in [3.63, 3.8) is 0 Å². The van der Waals surface area contributed by atoms with E-state index in [1.54, 1.807) is 0 Å². The molecular weight excluding hydrogens is 755 g/mol. The van der Waals surface area contributed by atoms with Crippen molar-refractivity contribution in [2.75, 3.05) is 9.80 Å². The van der Waals surface area contributed by atoms with Gasteiger partial charge in [-0.1, -0.05) is 133 Å². The van der Waals surface area contributed by atoms with Crippen LogP contribution in [0.15, 0.2) is 167 Å². The molecule has 2 aromatic heterocycles. The van der Waals surface area contributed by atoms with Crippen molar-refractivity contribution in [2.24, 2.45) is 0 Å². The first kappa shape index (κ1) is 36.8. The summed E-state index contributed by atoms with van der Waals surface area (Å²) in [5.74, 6) is 0. The minimum Gasteiger partial charge on any atom is -0.456 e. The predicted molar refractivity (Wildman–Crippen MR) is 263 cm³/mol. The second-order valence-corrected chi connectivity index (χ2v) is 19.5. The fourth-order valence-corrected chi connectivity index (χ4v) is 10.2. The molecule has 12 rings (SSSR count). The number of benzene rings is 8. The standard InChI is InChI=1S/C57H47BN2O2/c1-34-29-49-54-50(30-34)60(48-16-12-15-43-41-14-9-11-18-52(41)62-55(43)48)47-28-23-38(57(5,6)7)33-45(47)58(54)44-32-37(56(2,3)4)22-27-46(44)59(49)39-24-19-35(20-25-39)36-21-26-42-40-13-8-10-17-51(40)61-53(42)31-36/h8-33H,1-7H3. The summed E-state index contributed by atoms with van der Waals surface area (Å²) in [6.45, 7) is 16.2. The third-order valence-electron chi connectivity index (χ3n) is 13.4. The highest BCUT2D eigenvalue weighted by Gasteiger charge is 2.44. The molecule has 300 valence electrons. The number of furan rings is 2. The SMILES string of the molecule is Cc1cc2c3c(c1)N(c1cccc4c1oc1ccccc14)c1ccc(C(C)(C)C)cc1B3c1cc(C(C)(C)C)ccc1N2c1ccc(-c2ccc3c(c2)oc2ccccc23)cc1. The molecule has 0 saturated carbocycles. The summed E-state index contributed by atoms with van der Waals surface area (Å²) < 4.78 is 13.1. The quantitative estimate of drug-likeness (QED) is 0.167. The van der Waals surface area contributed by atoms with Gasteiger partial charge in [-0.25, -0.2) is 0 Å². The molecule has 0 atom stereocenters. The van der Waals surface area contributed by atoms with Crippen LogP contribution in [0.3, 0.4) is 0 Å². The molecule has 0 radical (unpaired) electrons. The Bertz CT molecular complexity index is 3470. The molecule has 0 aliphatic carbocycles. The Morgan fingerprint density at radius 2 is 0.968 bits per heavy atom. The maximum Gasteiger partial charge on any atom is 0.252 e. The molecule has 0 spiro atoms. The van der Waals surface area contributed by atoms with Crippen molar-refractivity contribution in [1.82, 2.24) is 0 Å². The van der Waals surface area contributed by atoms with Crippen LogP contribution in [0, 0.1) is 6.92 Å². The lowest BCUT2D eigenvalue weighted by Gasteiger charge is -2.45. The highest BCUT2D eigenvalue weighted by atomic mass is 16.3. The van der Waals surface area contributed by atoms with Crippen LogP contribution in [0.1, 0.15) is 58.2 Å². The van der Waals surface area contributed by atoms with Crippen molar-refractivity contribution in [3.05, 3.63) is 174 Å².